The molecule has 166 valence electrons. The van der Waals surface area contributed by atoms with Crippen molar-refractivity contribution in [3.8, 4) is 0 Å². The number of nitrogens with one attached hydrogen (secondary N) is 1. The average Bonchev–Trinajstić information content (AvgIpc) is 2.77. The number of hydrogen-bond donors (Lipinski definition) is 3. The van der Waals surface area contributed by atoms with Crippen molar-refractivity contribution in [2.45, 2.75) is 19.9 Å². The Balaban J connectivity index is 1.55. The van der Waals surface area contributed by atoms with Gasteiger partial charge in [-0.3, -0.25) is 14.8 Å². The maximum Gasteiger partial charge on any atom is 0.250 e. The highest BCUT2D eigenvalue weighted by atomic mass is 35.5. The third kappa shape index (κ3) is 5.10. The second kappa shape index (κ2) is 9.26. The quantitative estimate of drug-likeness (QED) is 0.384. The van der Waals surface area contributed by atoms with E-state index in [1.165, 1.54) is 6.20 Å². The zero-order chi connectivity index (χ0) is 23.5. The molecule has 3 heterocycles. The largest absolute Gasteiger partial charge is 0.384 e. The third-order valence-corrected chi connectivity index (χ3v) is 5.56. The zero-order valence-corrected chi connectivity index (χ0v) is 18.9. The van der Waals surface area contributed by atoms with Gasteiger partial charge in [-0.2, -0.15) is 0 Å². The number of anilines is 1. The summed E-state index contributed by atoms with van der Waals surface area (Å²) in [5.41, 5.74) is 17.7. The van der Waals surface area contributed by atoms with Gasteiger partial charge in [-0.25, -0.2) is 4.98 Å². The van der Waals surface area contributed by atoms with Crippen molar-refractivity contribution >= 4 is 39.9 Å². The van der Waals surface area contributed by atoms with E-state index < -0.39 is 5.91 Å². The number of pyridine rings is 3. The van der Waals surface area contributed by atoms with E-state index in [-0.39, 0.29) is 0 Å². The summed E-state index contributed by atoms with van der Waals surface area (Å²) in [4.78, 5) is 24.9. The van der Waals surface area contributed by atoms with Crippen molar-refractivity contribution in [3.05, 3.63) is 100 Å². The molecule has 0 aliphatic heterocycles. The Kier molecular flexibility index (Phi) is 6.24. The summed E-state index contributed by atoms with van der Waals surface area (Å²) in [6.45, 7) is 6.73. The molecule has 0 saturated heterocycles. The highest BCUT2D eigenvalue weighted by Crippen LogP contribution is 2.24. The molecule has 0 spiro atoms. The van der Waals surface area contributed by atoms with Crippen molar-refractivity contribution in [2.24, 2.45) is 5.73 Å². The Morgan fingerprint density at radius 3 is 2.70 bits per heavy atom. The first-order valence-corrected chi connectivity index (χ1v) is 10.6. The summed E-state index contributed by atoms with van der Waals surface area (Å²) in [6.07, 6.45) is 5.51. The number of carbonyl (C=O) groups excluding carboxylic acids is 1. The lowest BCUT2D eigenvalue weighted by Crippen LogP contribution is -2.13. The lowest BCUT2D eigenvalue weighted by atomic mass is 10.0. The van der Waals surface area contributed by atoms with Gasteiger partial charge in [-0.05, 0) is 60.0 Å². The molecule has 0 atom stereocenters. The molecular formula is C25H23ClN6O. The number of nitrogen functional groups attached to an aromatic ring is 1. The zero-order valence-electron chi connectivity index (χ0n) is 18.1. The number of carbonyl (C=O) groups is 1. The Bertz CT molecular complexity index is 1380. The summed E-state index contributed by atoms with van der Waals surface area (Å²) in [5, 5.41) is 4.58. The summed E-state index contributed by atoms with van der Waals surface area (Å²) < 4.78 is 0. The molecule has 8 heteroatoms. The summed E-state index contributed by atoms with van der Waals surface area (Å²) in [6, 6.07) is 11.2. The van der Waals surface area contributed by atoms with E-state index in [0.717, 1.165) is 39.0 Å². The summed E-state index contributed by atoms with van der Waals surface area (Å²) >= 11 is 6.09. The van der Waals surface area contributed by atoms with E-state index >= 15 is 0 Å². The maximum absolute atomic E-state index is 12.0. The fourth-order valence-electron chi connectivity index (χ4n) is 3.64. The smallest absolute Gasteiger partial charge is 0.250 e. The van der Waals surface area contributed by atoms with Crippen molar-refractivity contribution in [2.75, 3.05) is 5.73 Å². The Labute approximate surface area is 196 Å². The van der Waals surface area contributed by atoms with Crippen LogP contribution in [0, 0.1) is 6.92 Å². The Hall–Kier alpha value is -3.97. The van der Waals surface area contributed by atoms with Crippen LogP contribution in [0.3, 0.4) is 0 Å². The van der Waals surface area contributed by atoms with E-state index in [2.05, 4.69) is 26.8 Å². The van der Waals surface area contributed by atoms with Crippen LogP contribution in [0.2, 0.25) is 5.02 Å². The monoisotopic (exact) mass is 458 g/mol. The van der Waals surface area contributed by atoms with Crippen LogP contribution < -0.4 is 16.8 Å². The number of aryl methyl sites for hydroxylation is 1. The minimum Gasteiger partial charge on any atom is -0.384 e. The van der Waals surface area contributed by atoms with Gasteiger partial charge < -0.3 is 16.8 Å². The maximum atomic E-state index is 12.0. The van der Waals surface area contributed by atoms with Crippen LogP contribution >= 0.6 is 11.6 Å². The predicted molar refractivity (Wildman–Crippen MR) is 132 cm³/mol. The van der Waals surface area contributed by atoms with E-state index in [1.54, 1.807) is 24.5 Å². The fraction of sp³-hybridized carbons (Fsp3) is 0.120. The van der Waals surface area contributed by atoms with Crippen LogP contribution in [0.4, 0.5) is 5.82 Å². The number of nitrogens with two attached hydrogens (primary N) is 2. The van der Waals surface area contributed by atoms with Crippen LogP contribution in [0.25, 0.3) is 16.6 Å². The molecule has 4 rings (SSSR count). The van der Waals surface area contributed by atoms with Gasteiger partial charge in [-0.1, -0.05) is 18.2 Å². The Morgan fingerprint density at radius 1 is 1.12 bits per heavy atom. The second-order valence-electron chi connectivity index (χ2n) is 7.81. The van der Waals surface area contributed by atoms with Gasteiger partial charge in [0.15, 0.2) is 0 Å². The van der Waals surface area contributed by atoms with Crippen LogP contribution in [-0.4, -0.2) is 20.9 Å². The molecular weight excluding hydrogens is 436 g/mol. The molecule has 7 nitrogen and oxygen atoms in total. The third-order valence-electron chi connectivity index (χ3n) is 5.36. The van der Waals surface area contributed by atoms with Crippen LogP contribution in [0.1, 0.15) is 38.3 Å². The minimum absolute atomic E-state index is 0.355. The molecule has 4 aromatic rings. The molecule has 0 saturated carbocycles. The lowest BCUT2D eigenvalue weighted by molar-refractivity contribution is 0.100. The van der Waals surface area contributed by atoms with Crippen LogP contribution in [-0.2, 0) is 13.0 Å². The molecule has 0 fully saturated rings. The SMILES string of the molecule is C=C(NCc1cnc(N)cc1C)c1ccnc(Cc2cc(C(N)=O)c3ncc(Cl)cc3c2)c1. The number of rotatable bonds is 7. The van der Waals surface area contributed by atoms with Crippen molar-refractivity contribution in [3.63, 3.8) is 0 Å². The normalized spacial score (nSPS) is 10.8. The standard InChI is InChI=1S/C25H23ClN6O/c1-14-5-23(27)31-12-19(14)11-30-15(2)17-3-4-29-21(10-17)7-16-6-18-9-20(26)13-32-24(18)22(8-16)25(28)33/h3-6,8-10,12-13,30H,2,7,11H2,1H3,(H2,27,31)(H2,28,33). The van der Waals surface area contributed by atoms with Crippen LogP contribution in [0.15, 0.2) is 61.6 Å². The number of aromatic nitrogens is 3. The van der Waals surface area contributed by atoms with Gasteiger partial charge in [0.1, 0.15) is 5.82 Å². The molecule has 0 aliphatic carbocycles. The predicted octanol–water partition coefficient (Wildman–Crippen LogP) is 4.02. The molecule has 0 aliphatic rings. The van der Waals surface area contributed by atoms with E-state index in [1.807, 2.05) is 31.2 Å². The summed E-state index contributed by atoms with van der Waals surface area (Å²) in [5.74, 6) is -0.0384. The minimum atomic E-state index is -0.539. The van der Waals surface area contributed by atoms with E-state index in [0.29, 0.717) is 34.9 Å². The topological polar surface area (TPSA) is 120 Å². The number of hydrogen-bond acceptors (Lipinski definition) is 6. The second-order valence-corrected chi connectivity index (χ2v) is 8.25. The Morgan fingerprint density at radius 2 is 1.94 bits per heavy atom. The number of fused-ring (bicyclic) bond motifs is 1. The van der Waals surface area contributed by atoms with Crippen LogP contribution in [0.5, 0.6) is 0 Å². The van der Waals surface area contributed by atoms with Gasteiger partial charge in [-0.15, -0.1) is 0 Å². The van der Waals surface area contributed by atoms with Crippen molar-refractivity contribution < 1.29 is 4.79 Å². The molecule has 1 aromatic carbocycles. The number of benzene rings is 1. The molecule has 0 radical (unpaired) electrons. The lowest BCUT2D eigenvalue weighted by Gasteiger charge is -2.13. The first-order valence-electron chi connectivity index (χ1n) is 10.3. The van der Waals surface area contributed by atoms with E-state index in [4.69, 9.17) is 23.1 Å². The van der Waals surface area contributed by atoms with E-state index in [9.17, 15) is 4.79 Å². The summed E-state index contributed by atoms with van der Waals surface area (Å²) in [7, 11) is 0. The molecule has 3 aromatic heterocycles. The van der Waals surface area contributed by atoms with Crippen molar-refractivity contribution in [1.82, 2.24) is 20.3 Å². The highest BCUT2D eigenvalue weighted by Gasteiger charge is 2.12. The van der Waals surface area contributed by atoms with Gasteiger partial charge in [0, 0.05) is 53.9 Å². The fourth-order valence-corrected chi connectivity index (χ4v) is 3.81. The number of nitrogens with zero attached hydrogens (tertiary/aromatic N) is 3. The number of halogens is 1. The molecule has 0 unspecified atom stereocenters. The molecule has 5 N–H and O–H groups in total. The van der Waals surface area contributed by atoms with Gasteiger partial charge in [0.05, 0.1) is 16.1 Å². The van der Waals surface area contributed by atoms with Gasteiger partial charge in [0.25, 0.3) is 5.91 Å². The highest BCUT2D eigenvalue weighted by molar-refractivity contribution is 6.31. The van der Waals surface area contributed by atoms with Crippen molar-refractivity contribution in [1.29, 1.82) is 0 Å². The van der Waals surface area contributed by atoms with Gasteiger partial charge in [0.2, 0.25) is 0 Å². The first-order chi connectivity index (χ1) is 15.8. The number of amides is 1. The molecule has 0 bridgehead atoms. The number of primary amides is 1. The first kappa shape index (κ1) is 22.2. The average molecular weight is 459 g/mol. The molecule has 1 amide bonds. The van der Waals surface area contributed by atoms with Gasteiger partial charge >= 0.3 is 0 Å². The molecule has 33 heavy (non-hydrogen) atoms.